The van der Waals surface area contributed by atoms with Crippen LogP contribution in [-0.4, -0.2) is 12.7 Å². The van der Waals surface area contributed by atoms with Gasteiger partial charge in [-0.1, -0.05) is 45.0 Å². The van der Waals surface area contributed by atoms with Gasteiger partial charge in [0.05, 0.1) is 0 Å². The highest BCUT2D eigenvalue weighted by Gasteiger charge is 2.28. The van der Waals surface area contributed by atoms with Crippen molar-refractivity contribution >= 4 is 0 Å². The molecule has 0 fully saturated rings. The second-order valence-electron chi connectivity index (χ2n) is 5.60. The van der Waals surface area contributed by atoms with Gasteiger partial charge in [0.1, 0.15) is 0 Å². The number of rotatable bonds is 7. The molecule has 0 aromatic heterocycles. The van der Waals surface area contributed by atoms with Crippen molar-refractivity contribution < 1.29 is 13.2 Å². The van der Waals surface area contributed by atoms with Gasteiger partial charge in [0.2, 0.25) is 0 Å². The van der Waals surface area contributed by atoms with E-state index in [4.69, 9.17) is 0 Å². The van der Waals surface area contributed by atoms with Gasteiger partial charge < -0.3 is 5.32 Å². The fraction of sp³-hybridized carbons (Fsp3) is 0.625. The van der Waals surface area contributed by atoms with Crippen LogP contribution in [-0.2, 0) is 6.42 Å². The van der Waals surface area contributed by atoms with Gasteiger partial charge in [-0.15, -0.1) is 0 Å². The van der Waals surface area contributed by atoms with Crippen molar-refractivity contribution in [2.45, 2.75) is 52.3 Å². The fourth-order valence-electron chi connectivity index (χ4n) is 2.30. The number of nitrogens with one attached hydrogen (secondary N) is 1. The third kappa shape index (κ3) is 6.42. The van der Waals surface area contributed by atoms with E-state index < -0.39 is 12.6 Å². The molecule has 0 aliphatic rings. The van der Waals surface area contributed by atoms with Crippen LogP contribution in [0.2, 0.25) is 0 Å². The topological polar surface area (TPSA) is 12.0 Å². The SMILES string of the molecule is CCNC(CCC(F)(F)F)c1ccc(CC(C)C)cc1. The van der Waals surface area contributed by atoms with Crippen LogP contribution in [0.25, 0.3) is 0 Å². The molecule has 0 amide bonds. The second-order valence-corrected chi connectivity index (χ2v) is 5.60. The van der Waals surface area contributed by atoms with E-state index in [1.807, 2.05) is 31.2 Å². The molecule has 20 heavy (non-hydrogen) atoms. The molecule has 0 saturated carbocycles. The maximum atomic E-state index is 12.4. The third-order valence-corrected chi connectivity index (χ3v) is 3.19. The van der Waals surface area contributed by atoms with E-state index in [-0.39, 0.29) is 12.5 Å². The third-order valence-electron chi connectivity index (χ3n) is 3.19. The van der Waals surface area contributed by atoms with E-state index in [1.54, 1.807) is 0 Å². The van der Waals surface area contributed by atoms with Gasteiger partial charge in [-0.05, 0) is 36.4 Å². The summed E-state index contributed by atoms with van der Waals surface area (Å²) in [5, 5.41) is 3.13. The van der Waals surface area contributed by atoms with Gasteiger partial charge in [-0.25, -0.2) is 0 Å². The van der Waals surface area contributed by atoms with E-state index in [0.717, 1.165) is 12.0 Å². The Kier molecular flexibility index (Phi) is 6.53. The van der Waals surface area contributed by atoms with Crippen LogP contribution in [0.1, 0.15) is 50.8 Å². The Morgan fingerprint density at radius 1 is 1.10 bits per heavy atom. The summed E-state index contributed by atoms with van der Waals surface area (Å²) in [6.07, 6.45) is -3.76. The molecule has 0 spiro atoms. The summed E-state index contributed by atoms with van der Waals surface area (Å²) >= 11 is 0. The van der Waals surface area contributed by atoms with E-state index >= 15 is 0 Å². The standard InChI is InChI=1S/C16H24F3N/c1-4-20-15(9-10-16(17,18)19)14-7-5-13(6-8-14)11-12(2)3/h5-8,12,15,20H,4,9-11H2,1-3H3. The minimum atomic E-state index is -4.09. The Morgan fingerprint density at radius 2 is 1.70 bits per heavy atom. The van der Waals surface area contributed by atoms with Crippen LogP contribution in [0.5, 0.6) is 0 Å². The fourth-order valence-corrected chi connectivity index (χ4v) is 2.30. The first-order valence-electron chi connectivity index (χ1n) is 7.20. The number of halogens is 3. The Hall–Kier alpha value is -1.03. The molecular formula is C16H24F3N. The van der Waals surface area contributed by atoms with Gasteiger partial charge in [-0.3, -0.25) is 0 Å². The molecule has 1 unspecified atom stereocenters. The van der Waals surface area contributed by atoms with Gasteiger partial charge in [-0.2, -0.15) is 13.2 Å². The predicted octanol–water partition coefficient (Wildman–Crippen LogP) is 4.88. The lowest BCUT2D eigenvalue weighted by molar-refractivity contribution is -0.136. The lowest BCUT2D eigenvalue weighted by Crippen LogP contribution is -2.23. The van der Waals surface area contributed by atoms with E-state index in [1.165, 1.54) is 5.56 Å². The Balaban J connectivity index is 2.71. The van der Waals surface area contributed by atoms with Crippen LogP contribution in [0.15, 0.2) is 24.3 Å². The molecule has 1 nitrogen and oxygen atoms in total. The highest BCUT2D eigenvalue weighted by atomic mass is 19.4. The van der Waals surface area contributed by atoms with E-state index in [2.05, 4.69) is 19.2 Å². The Bertz CT molecular complexity index is 382. The molecule has 0 radical (unpaired) electrons. The summed E-state index contributed by atoms with van der Waals surface area (Å²) in [4.78, 5) is 0. The average Bonchev–Trinajstić information content (AvgIpc) is 2.34. The van der Waals surface area contributed by atoms with Gasteiger partial charge in [0.25, 0.3) is 0 Å². The average molecular weight is 287 g/mol. The minimum Gasteiger partial charge on any atom is -0.310 e. The van der Waals surface area contributed by atoms with Crippen LogP contribution in [0.4, 0.5) is 13.2 Å². The quantitative estimate of drug-likeness (QED) is 0.753. The van der Waals surface area contributed by atoms with Crippen molar-refractivity contribution in [1.82, 2.24) is 5.32 Å². The zero-order valence-electron chi connectivity index (χ0n) is 12.4. The first kappa shape index (κ1) is 17.0. The molecule has 0 aliphatic carbocycles. The molecule has 1 aromatic rings. The molecule has 1 rings (SSSR count). The number of alkyl halides is 3. The van der Waals surface area contributed by atoms with Gasteiger partial charge in [0, 0.05) is 12.5 Å². The van der Waals surface area contributed by atoms with Crippen molar-refractivity contribution in [2.24, 2.45) is 5.92 Å². The summed E-state index contributed by atoms with van der Waals surface area (Å²) < 4.78 is 37.1. The molecule has 0 heterocycles. The highest BCUT2D eigenvalue weighted by molar-refractivity contribution is 5.25. The maximum Gasteiger partial charge on any atom is 0.389 e. The monoisotopic (exact) mass is 287 g/mol. The first-order chi connectivity index (χ1) is 9.31. The minimum absolute atomic E-state index is 0.0842. The molecule has 1 N–H and O–H groups in total. The zero-order valence-corrected chi connectivity index (χ0v) is 12.4. The van der Waals surface area contributed by atoms with Crippen molar-refractivity contribution in [1.29, 1.82) is 0 Å². The van der Waals surface area contributed by atoms with Crippen molar-refractivity contribution in [2.75, 3.05) is 6.54 Å². The number of hydrogen-bond donors (Lipinski definition) is 1. The van der Waals surface area contributed by atoms with E-state index in [0.29, 0.717) is 12.5 Å². The second kappa shape index (κ2) is 7.67. The molecule has 0 aliphatic heterocycles. The zero-order chi connectivity index (χ0) is 15.2. The largest absolute Gasteiger partial charge is 0.389 e. The van der Waals surface area contributed by atoms with Crippen molar-refractivity contribution in [3.05, 3.63) is 35.4 Å². The van der Waals surface area contributed by atoms with Crippen molar-refractivity contribution in [3.8, 4) is 0 Å². The van der Waals surface area contributed by atoms with Gasteiger partial charge >= 0.3 is 6.18 Å². The Morgan fingerprint density at radius 3 is 2.15 bits per heavy atom. The van der Waals surface area contributed by atoms with Crippen molar-refractivity contribution in [3.63, 3.8) is 0 Å². The molecular weight excluding hydrogens is 263 g/mol. The van der Waals surface area contributed by atoms with E-state index in [9.17, 15) is 13.2 Å². The summed E-state index contributed by atoms with van der Waals surface area (Å²) in [5.74, 6) is 0.579. The van der Waals surface area contributed by atoms with Crippen LogP contribution in [0.3, 0.4) is 0 Å². The Labute approximate surface area is 119 Å². The smallest absolute Gasteiger partial charge is 0.310 e. The van der Waals surface area contributed by atoms with Crippen LogP contribution >= 0.6 is 0 Å². The molecule has 0 bridgehead atoms. The molecule has 1 aromatic carbocycles. The van der Waals surface area contributed by atoms with Crippen LogP contribution in [0, 0.1) is 5.92 Å². The van der Waals surface area contributed by atoms with Crippen LogP contribution < -0.4 is 5.32 Å². The molecule has 4 heteroatoms. The summed E-state index contributed by atoms with van der Waals surface area (Å²) in [5.41, 5.74) is 2.17. The lowest BCUT2D eigenvalue weighted by Gasteiger charge is -2.19. The summed E-state index contributed by atoms with van der Waals surface area (Å²) in [6.45, 7) is 6.88. The summed E-state index contributed by atoms with van der Waals surface area (Å²) in [7, 11) is 0. The predicted molar refractivity (Wildman–Crippen MR) is 76.7 cm³/mol. The maximum absolute atomic E-state index is 12.4. The highest BCUT2D eigenvalue weighted by Crippen LogP contribution is 2.27. The first-order valence-corrected chi connectivity index (χ1v) is 7.20. The molecule has 1 atom stereocenters. The van der Waals surface area contributed by atoms with Gasteiger partial charge in [0.15, 0.2) is 0 Å². The summed E-state index contributed by atoms with van der Waals surface area (Å²) in [6, 6.07) is 7.71. The number of benzene rings is 1. The number of hydrogen-bond acceptors (Lipinski definition) is 1. The normalized spacial score (nSPS) is 13.8. The molecule has 114 valence electrons. The molecule has 0 saturated heterocycles. The lowest BCUT2D eigenvalue weighted by atomic mass is 9.97.